The number of benzene rings is 2. The van der Waals surface area contributed by atoms with Crippen LogP contribution in [0.4, 0.5) is 0 Å². The van der Waals surface area contributed by atoms with E-state index in [1.165, 1.54) is 0 Å². The molecule has 0 fully saturated rings. The summed E-state index contributed by atoms with van der Waals surface area (Å²) in [6.07, 6.45) is -1.10. The molecule has 26 heavy (non-hydrogen) atoms. The van der Waals surface area contributed by atoms with Gasteiger partial charge in [0.05, 0.1) is 5.56 Å². The summed E-state index contributed by atoms with van der Waals surface area (Å²) in [7, 11) is 0. The van der Waals surface area contributed by atoms with Crippen LogP contribution in [-0.4, -0.2) is 24.2 Å². The van der Waals surface area contributed by atoms with Gasteiger partial charge in [-0.1, -0.05) is 24.3 Å². The standard InChI is InChI=1S/C20H21NO5/c1-20(2,3)21-18(22)17(26-19(23)13-7-5-4-6-8-13)14-9-10-15-16(11-14)25-12-24-15/h4-11,17H,12H2,1-3H3,(H,21,22). The molecule has 1 N–H and O–H groups in total. The van der Waals surface area contributed by atoms with Crippen molar-refractivity contribution in [1.29, 1.82) is 0 Å². The first-order valence-electron chi connectivity index (χ1n) is 8.31. The third kappa shape index (κ3) is 4.14. The molecule has 1 atom stereocenters. The van der Waals surface area contributed by atoms with Gasteiger partial charge in [-0.25, -0.2) is 4.79 Å². The highest BCUT2D eigenvalue weighted by molar-refractivity contribution is 5.92. The molecule has 0 aliphatic carbocycles. The van der Waals surface area contributed by atoms with Crippen molar-refractivity contribution in [1.82, 2.24) is 5.32 Å². The number of hydrogen-bond donors (Lipinski definition) is 1. The largest absolute Gasteiger partial charge is 0.454 e. The number of carbonyl (C=O) groups is 2. The Hall–Kier alpha value is -3.02. The fourth-order valence-corrected chi connectivity index (χ4v) is 2.53. The number of hydrogen-bond acceptors (Lipinski definition) is 5. The molecule has 136 valence electrons. The van der Waals surface area contributed by atoms with Gasteiger partial charge >= 0.3 is 5.97 Å². The molecule has 1 aliphatic rings. The van der Waals surface area contributed by atoms with Crippen LogP contribution in [0.3, 0.4) is 0 Å². The second-order valence-electron chi connectivity index (χ2n) is 7.00. The maximum absolute atomic E-state index is 12.8. The molecule has 1 unspecified atom stereocenters. The van der Waals surface area contributed by atoms with Crippen molar-refractivity contribution in [2.75, 3.05) is 6.79 Å². The van der Waals surface area contributed by atoms with Crippen LogP contribution < -0.4 is 14.8 Å². The molecule has 0 bridgehead atoms. The molecule has 1 heterocycles. The van der Waals surface area contributed by atoms with Gasteiger partial charge in [-0.2, -0.15) is 0 Å². The number of rotatable bonds is 4. The molecule has 6 heteroatoms. The minimum absolute atomic E-state index is 0.126. The molecule has 1 amide bonds. The highest BCUT2D eigenvalue weighted by Crippen LogP contribution is 2.35. The van der Waals surface area contributed by atoms with E-state index >= 15 is 0 Å². The molecule has 1 aliphatic heterocycles. The van der Waals surface area contributed by atoms with E-state index in [9.17, 15) is 9.59 Å². The van der Waals surface area contributed by atoms with Gasteiger partial charge in [0.15, 0.2) is 11.5 Å². The van der Waals surface area contributed by atoms with Gasteiger partial charge in [0.25, 0.3) is 5.91 Å². The third-order valence-corrected chi connectivity index (χ3v) is 3.67. The summed E-state index contributed by atoms with van der Waals surface area (Å²) in [4.78, 5) is 25.2. The monoisotopic (exact) mass is 355 g/mol. The number of nitrogens with one attached hydrogen (secondary N) is 1. The molecule has 0 aromatic heterocycles. The fourth-order valence-electron chi connectivity index (χ4n) is 2.53. The van der Waals surface area contributed by atoms with E-state index in [1.54, 1.807) is 48.5 Å². The lowest BCUT2D eigenvalue weighted by atomic mass is 10.0. The lowest BCUT2D eigenvalue weighted by Crippen LogP contribution is -2.44. The van der Waals surface area contributed by atoms with Gasteiger partial charge in [-0.3, -0.25) is 4.79 Å². The predicted octanol–water partition coefficient (Wildman–Crippen LogP) is 3.23. The second-order valence-corrected chi connectivity index (χ2v) is 7.00. The van der Waals surface area contributed by atoms with Crippen molar-refractivity contribution in [3.8, 4) is 11.5 Å². The zero-order valence-electron chi connectivity index (χ0n) is 14.9. The van der Waals surface area contributed by atoms with E-state index in [1.807, 2.05) is 20.8 Å². The van der Waals surface area contributed by atoms with Crippen molar-refractivity contribution in [2.45, 2.75) is 32.4 Å². The Morgan fingerprint density at radius 2 is 1.73 bits per heavy atom. The second kappa shape index (κ2) is 7.07. The molecule has 0 saturated carbocycles. The summed E-state index contributed by atoms with van der Waals surface area (Å²) in [6, 6.07) is 13.6. The van der Waals surface area contributed by atoms with Crippen molar-refractivity contribution < 1.29 is 23.8 Å². The van der Waals surface area contributed by atoms with Crippen LogP contribution in [0.2, 0.25) is 0 Å². The topological polar surface area (TPSA) is 73.9 Å². The molecule has 0 radical (unpaired) electrons. The number of ether oxygens (including phenoxy) is 3. The molecular formula is C20H21NO5. The van der Waals surface area contributed by atoms with Gasteiger partial charge in [0.2, 0.25) is 12.9 Å². The summed E-state index contributed by atoms with van der Waals surface area (Å²) in [6.45, 7) is 5.71. The van der Waals surface area contributed by atoms with Gasteiger partial charge in [0.1, 0.15) is 0 Å². The zero-order chi connectivity index (χ0) is 18.7. The van der Waals surface area contributed by atoms with E-state index in [-0.39, 0.29) is 6.79 Å². The average Bonchev–Trinajstić information content (AvgIpc) is 3.06. The minimum atomic E-state index is -1.10. The van der Waals surface area contributed by atoms with Crippen LogP contribution in [-0.2, 0) is 9.53 Å². The highest BCUT2D eigenvalue weighted by atomic mass is 16.7. The molecule has 0 saturated heterocycles. The van der Waals surface area contributed by atoms with Crippen molar-refractivity contribution in [3.63, 3.8) is 0 Å². The Morgan fingerprint density at radius 3 is 2.42 bits per heavy atom. The normalized spacial score (nSPS) is 13.8. The molecule has 3 rings (SSSR count). The van der Waals surface area contributed by atoms with Crippen LogP contribution >= 0.6 is 0 Å². The van der Waals surface area contributed by atoms with Gasteiger partial charge in [-0.15, -0.1) is 0 Å². The zero-order valence-corrected chi connectivity index (χ0v) is 14.9. The summed E-state index contributed by atoms with van der Waals surface area (Å²) in [5, 5.41) is 2.85. The summed E-state index contributed by atoms with van der Waals surface area (Å²) < 4.78 is 16.2. The molecule has 0 spiro atoms. The Bertz CT molecular complexity index is 811. The Labute approximate surface area is 152 Å². The summed E-state index contributed by atoms with van der Waals surface area (Å²) >= 11 is 0. The average molecular weight is 355 g/mol. The van der Waals surface area contributed by atoms with E-state index in [0.717, 1.165) is 0 Å². The third-order valence-electron chi connectivity index (χ3n) is 3.67. The van der Waals surface area contributed by atoms with E-state index in [0.29, 0.717) is 22.6 Å². The van der Waals surface area contributed by atoms with Crippen LogP contribution in [0.5, 0.6) is 11.5 Å². The number of esters is 1. The van der Waals surface area contributed by atoms with E-state index in [2.05, 4.69) is 5.32 Å². The van der Waals surface area contributed by atoms with Crippen LogP contribution in [0.15, 0.2) is 48.5 Å². The maximum Gasteiger partial charge on any atom is 0.339 e. The lowest BCUT2D eigenvalue weighted by molar-refractivity contribution is -0.131. The quantitative estimate of drug-likeness (QED) is 0.853. The highest BCUT2D eigenvalue weighted by Gasteiger charge is 2.30. The Kier molecular flexibility index (Phi) is 4.84. The predicted molar refractivity (Wildman–Crippen MR) is 95.1 cm³/mol. The van der Waals surface area contributed by atoms with Crippen molar-refractivity contribution >= 4 is 11.9 Å². The van der Waals surface area contributed by atoms with Gasteiger partial charge < -0.3 is 19.5 Å². The lowest BCUT2D eigenvalue weighted by Gasteiger charge is -2.25. The molecule has 6 nitrogen and oxygen atoms in total. The molecular weight excluding hydrogens is 334 g/mol. The minimum Gasteiger partial charge on any atom is -0.454 e. The van der Waals surface area contributed by atoms with Crippen LogP contribution in [0.25, 0.3) is 0 Å². The Balaban J connectivity index is 1.89. The molecule has 2 aromatic rings. The first-order valence-corrected chi connectivity index (χ1v) is 8.31. The van der Waals surface area contributed by atoms with Crippen molar-refractivity contribution in [3.05, 3.63) is 59.7 Å². The Morgan fingerprint density at radius 1 is 1.04 bits per heavy atom. The SMILES string of the molecule is CC(C)(C)NC(=O)C(OC(=O)c1ccccc1)c1ccc2c(c1)OCO2. The summed E-state index contributed by atoms with van der Waals surface area (Å²) in [5.74, 6) is 0.142. The number of amides is 1. The maximum atomic E-state index is 12.8. The van der Waals surface area contributed by atoms with E-state index < -0.39 is 23.5 Å². The first-order chi connectivity index (χ1) is 12.3. The first kappa shape index (κ1) is 17.8. The molecule has 2 aromatic carbocycles. The number of carbonyl (C=O) groups excluding carboxylic acids is 2. The van der Waals surface area contributed by atoms with Gasteiger partial charge in [-0.05, 0) is 45.0 Å². The van der Waals surface area contributed by atoms with Crippen molar-refractivity contribution in [2.24, 2.45) is 0 Å². The number of fused-ring (bicyclic) bond motifs is 1. The van der Waals surface area contributed by atoms with E-state index in [4.69, 9.17) is 14.2 Å². The van der Waals surface area contributed by atoms with Crippen LogP contribution in [0.1, 0.15) is 42.8 Å². The van der Waals surface area contributed by atoms with Crippen LogP contribution in [0, 0.1) is 0 Å². The van der Waals surface area contributed by atoms with Gasteiger partial charge in [0, 0.05) is 11.1 Å². The fraction of sp³-hybridized carbons (Fsp3) is 0.300. The summed E-state index contributed by atoms with van der Waals surface area (Å²) in [5.41, 5.74) is 0.423. The smallest absolute Gasteiger partial charge is 0.339 e.